The lowest BCUT2D eigenvalue weighted by atomic mass is 9.98. The van der Waals surface area contributed by atoms with Gasteiger partial charge in [0.05, 0.1) is 11.6 Å². The predicted octanol–water partition coefficient (Wildman–Crippen LogP) is 3.45. The molecule has 4 aromatic rings. The summed E-state index contributed by atoms with van der Waals surface area (Å²) in [4.78, 5) is 25.8. The molecule has 0 radical (unpaired) electrons. The van der Waals surface area contributed by atoms with E-state index in [1.807, 2.05) is 41.8 Å². The molecule has 2 heterocycles. The van der Waals surface area contributed by atoms with Crippen molar-refractivity contribution < 1.29 is 9.59 Å². The second kappa shape index (κ2) is 7.44. The van der Waals surface area contributed by atoms with Crippen LogP contribution in [-0.4, -0.2) is 26.3 Å². The van der Waals surface area contributed by atoms with Crippen LogP contribution in [0.25, 0.3) is 5.65 Å². The molecule has 0 spiro atoms. The summed E-state index contributed by atoms with van der Waals surface area (Å²) in [6.07, 6.45) is 1.85. The number of pyridine rings is 1. The van der Waals surface area contributed by atoms with Gasteiger partial charge in [-0.25, -0.2) is 0 Å². The Morgan fingerprint density at radius 2 is 1.54 bits per heavy atom. The Morgan fingerprint density at radius 1 is 0.857 bits per heavy atom. The third-order valence-corrected chi connectivity index (χ3v) is 4.53. The summed E-state index contributed by atoms with van der Waals surface area (Å²) in [5, 5.41) is 11.2. The lowest BCUT2D eigenvalue weighted by Gasteiger charge is -2.14. The number of amides is 1. The summed E-state index contributed by atoms with van der Waals surface area (Å²) in [6.45, 7) is 1.84. The lowest BCUT2D eigenvalue weighted by Crippen LogP contribution is -2.29. The molecule has 1 unspecified atom stereocenters. The fraction of sp³-hybridized carbons (Fsp3) is 0.0909. The van der Waals surface area contributed by atoms with Crippen LogP contribution in [-0.2, 0) is 0 Å². The Balaban J connectivity index is 1.61. The molecule has 2 aromatic heterocycles. The quantitative estimate of drug-likeness (QED) is 0.546. The molecule has 0 aliphatic carbocycles. The van der Waals surface area contributed by atoms with Gasteiger partial charge in [0.25, 0.3) is 5.91 Å². The van der Waals surface area contributed by atoms with Crippen molar-refractivity contribution in [2.24, 2.45) is 0 Å². The van der Waals surface area contributed by atoms with Gasteiger partial charge in [-0.1, -0.05) is 54.6 Å². The van der Waals surface area contributed by atoms with Gasteiger partial charge in [-0.15, -0.1) is 10.2 Å². The van der Waals surface area contributed by atoms with E-state index in [4.69, 9.17) is 0 Å². The number of rotatable bonds is 5. The van der Waals surface area contributed by atoms with Gasteiger partial charge < -0.3 is 5.32 Å². The molecular weight excluding hydrogens is 352 g/mol. The maximum absolute atomic E-state index is 12.9. The highest BCUT2D eigenvalue weighted by molar-refractivity contribution is 6.15. The lowest BCUT2D eigenvalue weighted by molar-refractivity contribution is 0.0928. The first kappa shape index (κ1) is 17.6. The van der Waals surface area contributed by atoms with Gasteiger partial charge in [0.2, 0.25) is 0 Å². The maximum Gasteiger partial charge on any atom is 0.252 e. The molecule has 0 aliphatic rings. The minimum Gasteiger partial charge on any atom is -0.342 e. The highest BCUT2D eigenvalue weighted by Gasteiger charge is 2.21. The molecule has 0 saturated carbocycles. The van der Waals surface area contributed by atoms with Gasteiger partial charge in [-0.3, -0.25) is 14.0 Å². The fourth-order valence-corrected chi connectivity index (χ4v) is 3.12. The molecule has 0 saturated heterocycles. The van der Waals surface area contributed by atoms with Crippen molar-refractivity contribution in [3.63, 3.8) is 0 Å². The van der Waals surface area contributed by atoms with Crippen molar-refractivity contribution in [3.05, 3.63) is 102 Å². The zero-order chi connectivity index (χ0) is 19.5. The number of carbonyl (C=O) groups excluding carboxylic acids is 2. The fourth-order valence-electron chi connectivity index (χ4n) is 3.12. The summed E-state index contributed by atoms with van der Waals surface area (Å²) < 4.78 is 1.83. The molecular formula is C22H18N4O2. The van der Waals surface area contributed by atoms with E-state index >= 15 is 0 Å². The van der Waals surface area contributed by atoms with Crippen molar-refractivity contribution in [2.75, 3.05) is 0 Å². The normalized spacial score (nSPS) is 11.9. The van der Waals surface area contributed by atoms with Gasteiger partial charge in [0.15, 0.2) is 17.3 Å². The average Bonchev–Trinajstić information content (AvgIpc) is 3.18. The first-order chi connectivity index (χ1) is 13.6. The van der Waals surface area contributed by atoms with Gasteiger partial charge in [0.1, 0.15) is 0 Å². The number of hydrogen-bond acceptors (Lipinski definition) is 4. The first-order valence-corrected chi connectivity index (χ1v) is 8.94. The first-order valence-electron chi connectivity index (χ1n) is 8.94. The SMILES string of the molecule is CC(NC(=O)c1ccccc1C(=O)c1ccccc1)c1nnc2ccccn12. The molecule has 0 fully saturated rings. The molecule has 6 heteroatoms. The van der Waals surface area contributed by atoms with E-state index in [1.54, 1.807) is 48.5 Å². The second-order valence-electron chi connectivity index (χ2n) is 6.42. The Bertz CT molecular complexity index is 1150. The highest BCUT2D eigenvalue weighted by atomic mass is 16.2. The smallest absolute Gasteiger partial charge is 0.252 e. The number of fused-ring (bicyclic) bond motifs is 1. The monoisotopic (exact) mass is 370 g/mol. The van der Waals surface area contributed by atoms with Gasteiger partial charge in [-0.05, 0) is 25.1 Å². The van der Waals surface area contributed by atoms with Crippen LogP contribution in [0.1, 0.15) is 45.1 Å². The molecule has 6 nitrogen and oxygen atoms in total. The number of nitrogens with zero attached hydrogens (tertiary/aromatic N) is 3. The number of benzene rings is 2. The minimum atomic E-state index is -0.384. The summed E-state index contributed by atoms with van der Waals surface area (Å²) in [5.41, 5.74) is 1.94. The summed E-state index contributed by atoms with van der Waals surface area (Å²) in [6, 6.07) is 21.0. The zero-order valence-corrected chi connectivity index (χ0v) is 15.2. The van der Waals surface area contributed by atoms with E-state index in [1.165, 1.54) is 0 Å². The maximum atomic E-state index is 12.9. The van der Waals surface area contributed by atoms with E-state index < -0.39 is 0 Å². The Morgan fingerprint density at radius 3 is 2.32 bits per heavy atom. The number of aromatic nitrogens is 3. The van der Waals surface area contributed by atoms with Crippen LogP contribution in [0.15, 0.2) is 79.0 Å². The third kappa shape index (κ3) is 3.27. The van der Waals surface area contributed by atoms with Crippen LogP contribution in [0, 0.1) is 0 Å². The number of ketones is 1. The van der Waals surface area contributed by atoms with E-state index in [0.29, 0.717) is 28.2 Å². The zero-order valence-electron chi connectivity index (χ0n) is 15.2. The van der Waals surface area contributed by atoms with Crippen LogP contribution < -0.4 is 5.32 Å². The van der Waals surface area contributed by atoms with Gasteiger partial charge in [-0.2, -0.15) is 0 Å². The van der Waals surface area contributed by atoms with Crippen LogP contribution in [0.2, 0.25) is 0 Å². The molecule has 0 aliphatic heterocycles. The Hall–Kier alpha value is -3.80. The van der Waals surface area contributed by atoms with Crippen molar-refractivity contribution >= 4 is 17.3 Å². The van der Waals surface area contributed by atoms with Gasteiger partial charge >= 0.3 is 0 Å². The van der Waals surface area contributed by atoms with Crippen LogP contribution in [0.5, 0.6) is 0 Å². The largest absolute Gasteiger partial charge is 0.342 e. The van der Waals surface area contributed by atoms with Crippen molar-refractivity contribution in [2.45, 2.75) is 13.0 Å². The molecule has 4 rings (SSSR count). The summed E-state index contributed by atoms with van der Waals surface area (Å²) in [7, 11) is 0. The molecule has 0 bridgehead atoms. The molecule has 1 amide bonds. The second-order valence-corrected chi connectivity index (χ2v) is 6.42. The van der Waals surface area contributed by atoms with E-state index in [0.717, 1.165) is 0 Å². The average molecular weight is 370 g/mol. The third-order valence-electron chi connectivity index (χ3n) is 4.53. The van der Waals surface area contributed by atoms with Gasteiger partial charge in [0, 0.05) is 17.3 Å². The van der Waals surface area contributed by atoms with E-state index in [-0.39, 0.29) is 17.7 Å². The Kier molecular flexibility index (Phi) is 4.68. The van der Waals surface area contributed by atoms with Crippen LogP contribution in [0.3, 0.4) is 0 Å². The Labute approximate surface area is 161 Å². The predicted molar refractivity (Wildman–Crippen MR) is 105 cm³/mol. The number of carbonyl (C=O) groups is 2. The highest BCUT2D eigenvalue weighted by Crippen LogP contribution is 2.17. The summed E-state index contributed by atoms with van der Waals surface area (Å²) in [5.74, 6) is 0.0998. The van der Waals surface area contributed by atoms with Crippen molar-refractivity contribution in [3.8, 4) is 0 Å². The molecule has 138 valence electrons. The van der Waals surface area contributed by atoms with Crippen molar-refractivity contribution in [1.82, 2.24) is 19.9 Å². The van der Waals surface area contributed by atoms with Crippen LogP contribution >= 0.6 is 0 Å². The summed E-state index contributed by atoms with van der Waals surface area (Å²) >= 11 is 0. The topological polar surface area (TPSA) is 76.4 Å². The number of hydrogen-bond donors (Lipinski definition) is 1. The molecule has 1 N–H and O–H groups in total. The minimum absolute atomic E-state index is 0.188. The standard InChI is InChI=1S/C22H18N4O2/c1-15(21-25-24-19-13-7-8-14-26(19)21)23-22(28)18-12-6-5-11-17(18)20(27)16-9-3-2-4-10-16/h2-15H,1H3,(H,23,28). The van der Waals surface area contributed by atoms with Crippen molar-refractivity contribution in [1.29, 1.82) is 0 Å². The molecule has 2 aromatic carbocycles. The van der Waals surface area contributed by atoms with E-state index in [9.17, 15) is 9.59 Å². The van der Waals surface area contributed by atoms with E-state index in [2.05, 4.69) is 15.5 Å². The number of nitrogens with one attached hydrogen (secondary N) is 1. The molecule has 1 atom stereocenters. The van der Waals surface area contributed by atoms with Crippen LogP contribution in [0.4, 0.5) is 0 Å². The molecule has 28 heavy (non-hydrogen) atoms.